The first-order valence-electron chi connectivity index (χ1n) is 8.55. The van der Waals surface area contributed by atoms with Crippen molar-refractivity contribution in [2.75, 3.05) is 13.3 Å². The zero-order valence-corrected chi connectivity index (χ0v) is 14.3. The van der Waals surface area contributed by atoms with Crippen LogP contribution >= 0.6 is 0 Å². The quantitative estimate of drug-likeness (QED) is 0.677. The number of carbonyl (C=O) groups is 1. The summed E-state index contributed by atoms with van der Waals surface area (Å²) in [5.74, 6) is 1.68. The molecule has 1 aromatic heterocycles. The lowest BCUT2D eigenvalue weighted by Gasteiger charge is -2.22. The van der Waals surface area contributed by atoms with E-state index in [1.165, 1.54) is 11.8 Å². The van der Waals surface area contributed by atoms with Gasteiger partial charge in [-0.1, -0.05) is 36.4 Å². The third kappa shape index (κ3) is 3.57. The van der Waals surface area contributed by atoms with Gasteiger partial charge in [0, 0.05) is 13.1 Å². The summed E-state index contributed by atoms with van der Waals surface area (Å²) in [5.41, 5.74) is 2.18. The number of benzene rings is 2. The second-order valence-corrected chi connectivity index (χ2v) is 6.13. The topological polar surface area (TPSA) is 51.9 Å². The fourth-order valence-corrected chi connectivity index (χ4v) is 2.98. The lowest BCUT2D eigenvalue weighted by atomic mass is 10.1. The zero-order valence-electron chi connectivity index (χ0n) is 14.3. The number of nitrogens with zero attached hydrogens (tertiary/aromatic N) is 1. The molecule has 0 radical (unpaired) electrons. The molecule has 4 rings (SSSR count). The molecule has 0 spiro atoms. The molecule has 0 saturated heterocycles. The second kappa shape index (κ2) is 7.35. The van der Waals surface area contributed by atoms with Gasteiger partial charge in [0.05, 0.1) is 6.26 Å². The maximum Gasteiger partial charge on any atom is 0.289 e. The lowest BCUT2D eigenvalue weighted by Crippen LogP contribution is -2.32. The molecule has 0 saturated carbocycles. The summed E-state index contributed by atoms with van der Waals surface area (Å²) in [7, 11) is 0. The first kappa shape index (κ1) is 16.3. The van der Waals surface area contributed by atoms with Gasteiger partial charge in [0.1, 0.15) is 0 Å². The molecule has 2 aromatic carbocycles. The number of amides is 1. The highest BCUT2D eigenvalue weighted by Crippen LogP contribution is 2.33. The number of fused-ring (bicyclic) bond motifs is 1. The van der Waals surface area contributed by atoms with E-state index in [9.17, 15) is 4.79 Å². The van der Waals surface area contributed by atoms with Crippen LogP contribution in [-0.2, 0) is 13.0 Å². The van der Waals surface area contributed by atoms with Crippen LogP contribution in [0, 0.1) is 0 Å². The molecular weight excluding hydrogens is 330 g/mol. The molecule has 0 atom stereocenters. The molecule has 0 unspecified atom stereocenters. The monoisotopic (exact) mass is 349 g/mol. The Morgan fingerprint density at radius 2 is 1.77 bits per heavy atom. The molecule has 1 amide bonds. The van der Waals surface area contributed by atoms with Crippen molar-refractivity contribution in [1.82, 2.24) is 4.90 Å². The highest BCUT2D eigenvalue weighted by molar-refractivity contribution is 5.91. The molecule has 1 aliphatic heterocycles. The molecule has 0 aliphatic carbocycles. The van der Waals surface area contributed by atoms with E-state index in [0.29, 0.717) is 18.8 Å². The summed E-state index contributed by atoms with van der Waals surface area (Å²) in [6, 6.07) is 19.3. The minimum Gasteiger partial charge on any atom is -0.459 e. The zero-order chi connectivity index (χ0) is 17.8. The van der Waals surface area contributed by atoms with Gasteiger partial charge in [-0.05, 0) is 41.8 Å². The lowest BCUT2D eigenvalue weighted by molar-refractivity contribution is 0.0712. The van der Waals surface area contributed by atoms with Crippen LogP contribution < -0.4 is 9.47 Å². The second-order valence-electron chi connectivity index (χ2n) is 6.13. The third-order valence-corrected chi connectivity index (χ3v) is 4.34. The normalized spacial score (nSPS) is 12.2. The van der Waals surface area contributed by atoms with Crippen LogP contribution in [-0.4, -0.2) is 24.1 Å². The molecule has 5 nitrogen and oxygen atoms in total. The summed E-state index contributed by atoms with van der Waals surface area (Å²) in [6.07, 6.45) is 2.29. The Hall–Kier alpha value is -3.21. The van der Waals surface area contributed by atoms with Gasteiger partial charge in [-0.2, -0.15) is 0 Å². The molecule has 0 fully saturated rings. The van der Waals surface area contributed by atoms with Crippen molar-refractivity contribution in [3.05, 3.63) is 83.8 Å². The van der Waals surface area contributed by atoms with Crippen molar-refractivity contribution < 1.29 is 18.7 Å². The van der Waals surface area contributed by atoms with Crippen LogP contribution in [0.2, 0.25) is 0 Å². The van der Waals surface area contributed by atoms with Crippen molar-refractivity contribution in [2.45, 2.75) is 13.0 Å². The highest BCUT2D eigenvalue weighted by Gasteiger charge is 2.20. The molecule has 5 heteroatoms. The predicted octanol–water partition coefficient (Wildman–Crippen LogP) is 3.89. The molecule has 26 heavy (non-hydrogen) atoms. The molecule has 3 aromatic rings. The van der Waals surface area contributed by atoms with E-state index in [2.05, 4.69) is 12.1 Å². The fraction of sp³-hybridized carbons (Fsp3) is 0.190. The van der Waals surface area contributed by atoms with E-state index in [0.717, 1.165) is 23.5 Å². The Balaban J connectivity index is 1.52. The summed E-state index contributed by atoms with van der Waals surface area (Å²) in [5, 5.41) is 0. The van der Waals surface area contributed by atoms with Crippen LogP contribution in [0.3, 0.4) is 0 Å². The SMILES string of the molecule is O=C(c1ccco1)N(CCc1ccccc1)Cc1ccc2c(c1)OCO2. The van der Waals surface area contributed by atoms with Gasteiger partial charge >= 0.3 is 0 Å². The van der Waals surface area contributed by atoms with Crippen molar-refractivity contribution >= 4 is 5.91 Å². The van der Waals surface area contributed by atoms with Crippen LogP contribution in [0.15, 0.2) is 71.3 Å². The first-order valence-corrected chi connectivity index (χ1v) is 8.55. The minimum absolute atomic E-state index is 0.122. The van der Waals surface area contributed by atoms with E-state index >= 15 is 0 Å². The molecule has 1 aliphatic rings. The summed E-state index contributed by atoms with van der Waals surface area (Å²) in [4.78, 5) is 14.6. The molecule has 0 bridgehead atoms. The smallest absolute Gasteiger partial charge is 0.289 e. The Bertz CT molecular complexity index is 874. The van der Waals surface area contributed by atoms with Gasteiger partial charge in [0.25, 0.3) is 5.91 Å². The van der Waals surface area contributed by atoms with Gasteiger partial charge in [0.15, 0.2) is 17.3 Å². The largest absolute Gasteiger partial charge is 0.459 e. The van der Waals surface area contributed by atoms with Crippen molar-refractivity contribution in [1.29, 1.82) is 0 Å². The molecule has 2 heterocycles. The number of hydrogen-bond acceptors (Lipinski definition) is 4. The molecule has 132 valence electrons. The summed E-state index contributed by atoms with van der Waals surface area (Å²) in [6.45, 7) is 1.31. The Morgan fingerprint density at radius 3 is 2.58 bits per heavy atom. The van der Waals surface area contributed by atoms with E-state index in [-0.39, 0.29) is 12.7 Å². The predicted molar refractivity (Wildman–Crippen MR) is 96.2 cm³/mol. The average molecular weight is 349 g/mol. The Kier molecular flexibility index (Phi) is 4.60. The van der Waals surface area contributed by atoms with Crippen LogP contribution in [0.1, 0.15) is 21.7 Å². The Labute approximate surface area is 151 Å². The van der Waals surface area contributed by atoms with Crippen molar-refractivity contribution in [2.24, 2.45) is 0 Å². The van der Waals surface area contributed by atoms with E-state index < -0.39 is 0 Å². The van der Waals surface area contributed by atoms with Crippen LogP contribution in [0.4, 0.5) is 0 Å². The fourth-order valence-electron chi connectivity index (χ4n) is 2.98. The van der Waals surface area contributed by atoms with Crippen molar-refractivity contribution in [3.63, 3.8) is 0 Å². The van der Waals surface area contributed by atoms with Gasteiger partial charge in [-0.15, -0.1) is 0 Å². The number of rotatable bonds is 6. The molecular formula is C21H19NO4. The number of furan rings is 1. The minimum atomic E-state index is -0.122. The standard InChI is InChI=1S/C21H19NO4/c23-21(19-7-4-12-24-19)22(11-10-16-5-2-1-3-6-16)14-17-8-9-18-20(13-17)26-15-25-18/h1-9,12-13H,10-11,14-15H2. The number of hydrogen-bond donors (Lipinski definition) is 0. The van der Waals surface area contributed by atoms with E-state index in [4.69, 9.17) is 13.9 Å². The van der Waals surface area contributed by atoms with E-state index in [1.807, 2.05) is 36.4 Å². The van der Waals surface area contributed by atoms with Crippen LogP contribution in [0.25, 0.3) is 0 Å². The first-order chi connectivity index (χ1) is 12.8. The summed E-state index contributed by atoms with van der Waals surface area (Å²) < 4.78 is 16.1. The number of ether oxygens (including phenoxy) is 2. The Morgan fingerprint density at radius 1 is 0.923 bits per heavy atom. The van der Waals surface area contributed by atoms with E-state index in [1.54, 1.807) is 17.0 Å². The summed E-state index contributed by atoms with van der Waals surface area (Å²) >= 11 is 0. The maximum absolute atomic E-state index is 12.8. The van der Waals surface area contributed by atoms with Gasteiger partial charge in [0.2, 0.25) is 6.79 Å². The average Bonchev–Trinajstić information content (AvgIpc) is 3.36. The van der Waals surface area contributed by atoms with Gasteiger partial charge < -0.3 is 18.8 Å². The third-order valence-electron chi connectivity index (χ3n) is 4.34. The highest BCUT2D eigenvalue weighted by atomic mass is 16.7. The van der Waals surface area contributed by atoms with Crippen LogP contribution in [0.5, 0.6) is 11.5 Å². The van der Waals surface area contributed by atoms with Crippen molar-refractivity contribution in [3.8, 4) is 11.5 Å². The molecule has 0 N–H and O–H groups in total. The maximum atomic E-state index is 12.8. The number of carbonyl (C=O) groups excluding carboxylic acids is 1. The van der Waals surface area contributed by atoms with Gasteiger partial charge in [-0.3, -0.25) is 4.79 Å². The van der Waals surface area contributed by atoms with Gasteiger partial charge in [-0.25, -0.2) is 0 Å².